The molecule has 0 aromatic rings. The lowest BCUT2D eigenvalue weighted by atomic mass is 9.84. The Labute approximate surface area is 125 Å². The van der Waals surface area contributed by atoms with Crippen LogP contribution < -0.4 is 11.1 Å². The molecule has 7 heteroatoms. The fourth-order valence-corrected chi connectivity index (χ4v) is 2.66. The first-order chi connectivity index (χ1) is 9.58. The smallest absolute Gasteiger partial charge is 0.407 e. The number of hydrogen-bond acceptors (Lipinski definition) is 5. The molecule has 2 amide bonds. The number of ether oxygens (including phenoxy) is 1. The van der Waals surface area contributed by atoms with Crippen molar-refractivity contribution in [3.05, 3.63) is 0 Å². The van der Waals surface area contributed by atoms with Crippen molar-refractivity contribution in [2.45, 2.75) is 51.7 Å². The molecule has 7 nitrogen and oxygen atoms in total. The van der Waals surface area contributed by atoms with E-state index in [4.69, 9.17) is 15.7 Å². The second kappa shape index (κ2) is 6.20. The molecule has 1 aliphatic carbocycles. The van der Waals surface area contributed by atoms with E-state index in [9.17, 15) is 9.59 Å². The molecule has 3 N–H and O–H groups in total. The average molecular weight is 296 g/mol. The van der Waals surface area contributed by atoms with Crippen molar-refractivity contribution in [2.24, 2.45) is 11.1 Å². The van der Waals surface area contributed by atoms with E-state index in [-0.39, 0.29) is 12.6 Å². The number of carbonyl (C=O) groups excluding carboxylic acids is 2. The van der Waals surface area contributed by atoms with Crippen molar-refractivity contribution < 1.29 is 14.3 Å². The predicted octanol–water partition coefficient (Wildman–Crippen LogP) is 0.948. The van der Waals surface area contributed by atoms with Gasteiger partial charge in [-0.05, 0) is 40.0 Å². The predicted molar refractivity (Wildman–Crippen MR) is 76.9 cm³/mol. The first-order valence-electron chi connectivity index (χ1n) is 6.98. The molecule has 0 aromatic heterocycles. The number of nitriles is 1. The maximum atomic E-state index is 11.8. The molecule has 0 bridgehead atoms. The highest BCUT2D eigenvalue weighted by atomic mass is 16.6. The number of amides is 2. The fourth-order valence-electron chi connectivity index (χ4n) is 2.66. The van der Waals surface area contributed by atoms with E-state index in [1.165, 1.54) is 4.90 Å². The molecule has 0 aromatic carbocycles. The summed E-state index contributed by atoms with van der Waals surface area (Å²) in [5, 5.41) is 11.6. The van der Waals surface area contributed by atoms with E-state index in [0.717, 1.165) is 0 Å². The summed E-state index contributed by atoms with van der Waals surface area (Å²) < 4.78 is 5.20. The van der Waals surface area contributed by atoms with E-state index in [2.05, 4.69) is 5.32 Å². The molecule has 1 unspecified atom stereocenters. The van der Waals surface area contributed by atoms with E-state index in [1.54, 1.807) is 27.8 Å². The molecule has 1 rings (SSSR count). The van der Waals surface area contributed by atoms with E-state index >= 15 is 0 Å². The third kappa shape index (κ3) is 4.81. The third-order valence-electron chi connectivity index (χ3n) is 3.56. The molecule has 0 aliphatic heterocycles. The second-order valence-corrected chi connectivity index (χ2v) is 6.69. The Morgan fingerprint density at radius 1 is 1.52 bits per heavy atom. The first kappa shape index (κ1) is 17.1. The van der Waals surface area contributed by atoms with Crippen molar-refractivity contribution in [2.75, 3.05) is 13.6 Å². The summed E-state index contributed by atoms with van der Waals surface area (Å²) in [5.74, 6) is -0.432. The van der Waals surface area contributed by atoms with Gasteiger partial charge in [0.1, 0.15) is 5.60 Å². The lowest BCUT2D eigenvalue weighted by Crippen LogP contribution is -2.45. The number of hydrogen-bond donors (Lipinski definition) is 2. The average Bonchev–Trinajstić information content (AvgIpc) is 2.70. The maximum absolute atomic E-state index is 11.8. The lowest BCUT2D eigenvalue weighted by molar-refractivity contribution is -0.128. The highest BCUT2D eigenvalue weighted by Crippen LogP contribution is 2.38. The number of primary amides is 1. The Kier molecular flexibility index (Phi) is 5.05. The van der Waals surface area contributed by atoms with Gasteiger partial charge in [0.05, 0.1) is 5.41 Å². The van der Waals surface area contributed by atoms with Crippen LogP contribution in [0.4, 0.5) is 4.79 Å². The Hall–Kier alpha value is -1.97. The largest absolute Gasteiger partial charge is 0.444 e. The number of nitrogens with two attached hydrogens (primary N) is 1. The molecular formula is C14H24N4O3. The van der Waals surface area contributed by atoms with Crippen molar-refractivity contribution in [3.63, 3.8) is 0 Å². The van der Waals surface area contributed by atoms with Crippen LogP contribution in [0, 0.1) is 16.9 Å². The molecule has 118 valence electrons. The molecule has 1 aliphatic rings. The van der Waals surface area contributed by atoms with Crippen LogP contribution in [0.25, 0.3) is 0 Å². The van der Waals surface area contributed by atoms with Crippen LogP contribution in [0.15, 0.2) is 0 Å². The van der Waals surface area contributed by atoms with E-state index in [1.807, 2.05) is 6.19 Å². The summed E-state index contributed by atoms with van der Waals surface area (Å²) in [6, 6.07) is -0.167. The minimum absolute atomic E-state index is 0.167. The van der Waals surface area contributed by atoms with Gasteiger partial charge in [-0.3, -0.25) is 4.79 Å². The van der Waals surface area contributed by atoms with E-state index < -0.39 is 23.0 Å². The lowest BCUT2D eigenvalue weighted by Gasteiger charge is -2.28. The zero-order valence-electron chi connectivity index (χ0n) is 13.1. The van der Waals surface area contributed by atoms with Crippen LogP contribution in [0.2, 0.25) is 0 Å². The van der Waals surface area contributed by atoms with Crippen molar-refractivity contribution in [1.82, 2.24) is 10.2 Å². The quantitative estimate of drug-likeness (QED) is 0.593. The van der Waals surface area contributed by atoms with Crippen LogP contribution in [-0.2, 0) is 9.53 Å². The van der Waals surface area contributed by atoms with Gasteiger partial charge in [0.15, 0.2) is 6.19 Å². The normalized spacial score (nSPS) is 25.0. The van der Waals surface area contributed by atoms with Gasteiger partial charge in [0.25, 0.3) is 0 Å². The Bertz CT molecular complexity index is 452. The Morgan fingerprint density at radius 2 is 2.14 bits per heavy atom. The van der Waals surface area contributed by atoms with Gasteiger partial charge in [-0.25, -0.2) is 4.79 Å². The Balaban J connectivity index is 2.66. The molecule has 1 fully saturated rings. The van der Waals surface area contributed by atoms with E-state index in [0.29, 0.717) is 19.3 Å². The van der Waals surface area contributed by atoms with Crippen molar-refractivity contribution in [1.29, 1.82) is 5.26 Å². The Morgan fingerprint density at radius 3 is 2.62 bits per heavy atom. The maximum Gasteiger partial charge on any atom is 0.407 e. The molecule has 1 saturated carbocycles. The SMILES string of the molecule is CN(C#N)C[C@]1(C(N)=O)CCC(NC(=O)OC(C)(C)C)C1. The number of rotatable bonds is 4. The molecule has 0 radical (unpaired) electrons. The standard InChI is InChI=1S/C14H24N4O3/c1-13(2,3)21-12(20)17-10-5-6-14(7-10,11(16)19)8-18(4)9-15/h10H,5-8H2,1-4H3,(H2,16,19)(H,17,20)/t10?,14-/m0/s1. The molecule has 0 spiro atoms. The van der Waals surface area contributed by atoms with Gasteiger partial charge in [-0.2, -0.15) is 5.26 Å². The van der Waals surface area contributed by atoms with Crippen LogP contribution in [0.3, 0.4) is 0 Å². The van der Waals surface area contributed by atoms with Gasteiger partial charge in [0, 0.05) is 19.6 Å². The third-order valence-corrected chi connectivity index (χ3v) is 3.56. The fraction of sp³-hybridized carbons (Fsp3) is 0.786. The minimum Gasteiger partial charge on any atom is -0.444 e. The van der Waals surface area contributed by atoms with Gasteiger partial charge in [-0.1, -0.05) is 0 Å². The highest BCUT2D eigenvalue weighted by Gasteiger charge is 2.45. The highest BCUT2D eigenvalue weighted by molar-refractivity contribution is 5.82. The van der Waals surface area contributed by atoms with Gasteiger partial charge in [0.2, 0.25) is 5.91 Å². The first-order valence-corrected chi connectivity index (χ1v) is 6.98. The summed E-state index contributed by atoms with van der Waals surface area (Å²) >= 11 is 0. The minimum atomic E-state index is -0.774. The zero-order valence-corrected chi connectivity index (χ0v) is 13.1. The molecule has 0 saturated heterocycles. The van der Waals surface area contributed by atoms with Crippen LogP contribution >= 0.6 is 0 Å². The number of nitrogens with one attached hydrogen (secondary N) is 1. The topological polar surface area (TPSA) is 108 Å². The summed E-state index contributed by atoms with van der Waals surface area (Å²) in [6.07, 6.45) is 3.09. The molecule has 21 heavy (non-hydrogen) atoms. The van der Waals surface area contributed by atoms with Gasteiger partial charge >= 0.3 is 6.09 Å². The summed E-state index contributed by atoms with van der Waals surface area (Å²) in [6.45, 7) is 5.63. The van der Waals surface area contributed by atoms with Crippen LogP contribution in [-0.4, -0.2) is 42.1 Å². The second-order valence-electron chi connectivity index (χ2n) is 6.69. The number of nitrogens with zero attached hydrogens (tertiary/aromatic N) is 2. The summed E-state index contributed by atoms with van der Waals surface area (Å²) in [4.78, 5) is 24.9. The number of carbonyl (C=O) groups is 2. The number of alkyl carbamates (subject to hydrolysis) is 1. The molecule has 0 heterocycles. The summed E-state index contributed by atoms with van der Waals surface area (Å²) in [5.41, 5.74) is 4.17. The van der Waals surface area contributed by atoms with Crippen LogP contribution in [0.5, 0.6) is 0 Å². The summed E-state index contributed by atoms with van der Waals surface area (Å²) in [7, 11) is 1.61. The van der Waals surface area contributed by atoms with Crippen LogP contribution in [0.1, 0.15) is 40.0 Å². The van der Waals surface area contributed by atoms with Gasteiger partial charge < -0.3 is 20.7 Å². The van der Waals surface area contributed by atoms with Gasteiger partial charge in [-0.15, -0.1) is 0 Å². The zero-order chi connectivity index (χ0) is 16.3. The monoisotopic (exact) mass is 296 g/mol. The van der Waals surface area contributed by atoms with Crippen molar-refractivity contribution >= 4 is 12.0 Å². The molecular weight excluding hydrogens is 272 g/mol. The molecule has 2 atom stereocenters. The van der Waals surface area contributed by atoms with Crippen molar-refractivity contribution in [3.8, 4) is 6.19 Å².